The van der Waals surface area contributed by atoms with E-state index >= 15 is 0 Å². The molecular weight excluding hydrogens is 288 g/mol. The first-order valence-corrected chi connectivity index (χ1v) is 8.67. The highest BCUT2D eigenvalue weighted by atomic mass is 16.3. The summed E-state index contributed by atoms with van der Waals surface area (Å²) in [7, 11) is 0. The molecule has 0 aliphatic carbocycles. The number of aromatic nitrogens is 1. The third-order valence-electron chi connectivity index (χ3n) is 4.76. The fourth-order valence-electron chi connectivity index (χ4n) is 3.56. The largest absolute Gasteiger partial charge is 0.446 e. The van der Waals surface area contributed by atoms with Crippen LogP contribution in [0.4, 0.5) is 11.6 Å². The number of hydrogen-bond acceptors (Lipinski definition) is 5. The summed E-state index contributed by atoms with van der Waals surface area (Å²) < 4.78 is 6.07. The highest BCUT2D eigenvalue weighted by molar-refractivity contribution is 5.84. The average molecular weight is 312 g/mol. The second kappa shape index (κ2) is 6.62. The van der Waals surface area contributed by atoms with Crippen molar-refractivity contribution in [3.63, 3.8) is 0 Å². The molecule has 2 aromatic heterocycles. The molecule has 0 unspecified atom stereocenters. The van der Waals surface area contributed by atoms with Gasteiger partial charge in [0, 0.05) is 45.5 Å². The van der Waals surface area contributed by atoms with E-state index in [1.54, 1.807) is 0 Å². The van der Waals surface area contributed by atoms with E-state index in [9.17, 15) is 0 Å². The van der Waals surface area contributed by atoms with Gasteiger partial charge in [-0.3, -0.25) is 4.98 Å². The molecule has 4 heterocycles. The zero-order valence-electron chi connectivity index (χ0n) is 13.5. The Hall–Kier alpha value is -2.01. The smallest absolute Gasteiger partial charge is 0.219 e. The molecule has 122 valence electrons. The molecule has 5 heteroatoms. The summed E-state index contributed by atoms with van der Waals surface area (Å²) in [5.74, 6) is 1.03. The molecule has 1 N–H and O–H groups in total. The van der Waals surface area contributed by atoms with Crippen molar-refractivity contribution in [3.8, 4) is 11.3 Å². The maximum atomic E-state index is 6.07. The van der Waals surface area contributed by atoms with Gasteiger partial charge in [0.15, 0.2) is 0 Å². The molecule has 23 heavy (non-hydrogen) atoms. The van der Waals surface area contributed by atoms with Crippen molar-refractivity contribution in [1.82, 2.24) is 10.3 Å². The van der Waals surface area contributed by atoms with Gasteiger partial charge < -0.3 is 19.5 Å². The lowest BCUT2D eigenvalue weighted by Gasteiger charge is -2.33. The van der Waals surface area contributed by atoms with Gasteiger partial charge >= 0.3 is 0 Å². The monoisotopic (exact) mass is 312 g/mol. The van der Waals surface area contributed by atoms with Gasteiger partial charge in [-0.2, -0.15) is 0 Å². The first-order chi connectivity index (χ1) is 11.4. The number of hydrogen-bond donors (Lipinski definition) is 1. The zero-order chi connectivity index (χ0) is 15.5. The van der Waals surface area contributed by atoms with Crippen LogP contribution >= 0.6 is 0 Å². The molecule has 0 bridgehead atoms. The molecular formula is C18H24N4O. The lowest BCUT2D eigenvalue weighted by Crippen LogP contribution is -2.44. The van der Waals surface area contributed by atoms with Gasteiger partial charge in [-0.05, 0) is 31.4 Å². The predicted molar refractivity (Wildman–Crippen MR) is 93.1 cm³/mol. The van der Waals surface area contributed by atoms with Crippen LogP contribution in [0.15, 0.2) is 35.1 Å². The summed E-state index contributed by atoms with van der Waals surface area (Å²) in [6.07, 6.45) is 7.57. The SMILES string of the molecule is c1ccc(-c2coc(N3CCCCC3)c2N2CCNCC2)nc1. The molecule has 0 saturated carbocycles. The molecule has 2 aromatic rings. The van der Waals surface area contributed by atoms with Crippen LogP contribution in [0, 0.1) is 0 Å². The Morgan fingerprint density at radius 1 is 0.957 bits per heavy atom. The summed E-state index contributed by atoms with van der Waals surface area (Å²) in [6.45, 7) is 6.25. The topological polar surface area (TPSA) is 44.5 Å². The van der Waals surface area contributed by atoms with E-state index in [2.05, 4.69) is 26.2 Å². The van der Waals surface area contributed by atoms with Gasteiger partial charge in [0.1, 0.15) is 12.0 Å². The first-order valence-electron chi connectivity index (χ1n) is 8.67. The van der Waals surface area contributed by atoms with Crippen molar-refractivity contribution in [2.45, 2.75) is 19.3 Å². The van der Waals surface area contributed by atoms with E-state index in [4.69, 9.17) is 4.42 Å². The number of furan rings is 1. The Kier molecular flexibility index (Phi) is 4.20. The van der Waals surface area contributed by atoms with Crippen molar-refractivity contribution in [3.05, 3.63) is 30.7 Å². The van der Waals surface area contributed by atoms with Gasteiger partial charge in [0.05, 0.1) is 11.3 Å². The summed E-state index contributed by atoms with van der Waals surface area (Å²) >= 11 is 0. The highest BCUT2D eigenvalue weighted by Gasteiger charge is 2.27. The molecule has 0 amide bonds. The number of anilines is 2. The second-order valence-electron chi connectivity index (χ2n) is 6.30. The van der Waals surface area contributed by atoms with Crippen LogP contribution in [0.5, 0.6) is 0 Å². The van der Waals surface area contributed by atoms with Crippen molar-refractivity contribution >= 4 is 11.6 Å². The van der Waals surface area contributed by atoms with Gasteiger partial charge in [-0.15, -0.1) is 0 Å². The van der Waals surface area contributed by atoms with Gasteiger partial charge in [-0.25, -0.2) is 0 Å². The van der Waals surface area contributed by atoms with Crippen molar-refractivity contribution < 1.29 is 4.42 Å². The van der Waals surface area contributed by atoms with Crippen LogP contribution in [0.3, 0.4) is 0 Å². The summed E-state index contributed by atoms with van der Waals surface area (Å²) in [6, 6.07) is 6.06. The number of piperidine rings is 1. The van der Waals surface area contributed by atoms with Crippen LogP contribution in [0.2, 0.25) is 0 Å². The summed E-state index contributed by atoms with van der Waals surface area (Å²) in [5.41, 5.74) is 3.34. The van der Waals surface area contributed by atoms with Crippen LogP contribution < -0.4 is 15.1 Å². The standard InChI is InChI=1S/C18H24N4O/c1-4-10-22(11-5-1)18-17(21-12-8-19-9-13-21)15(14-23-18)16-6-2-3-7-20-16/h2-3,6-7,14,19H,1,4-5,8-13H2. The Morgan fingerprint density at radius 2 is 1.78 bits per heavy atom. The number of nitrogens with zero attached hydrogens (tertiary/aromatic N) is 3. The highest BCUT2D eigenvalue weighted by Crippen LogP contribution is 2.41. The van der Waals surface area contributed by atoms with Crippen LogP contribution in [-0.4, -0.2) is 44.3 Å². The fraction of sp³-hybridized carbons (Fsp3) is 0.500. The van der Waals surface area contributed by atoms with Crippen LogP contribution in [-0.2, 0) is 0 Å². The Bertz CT molecular complexity index is 628. The van der Waals surface area contributed by atoms with E-state index in [1.165, 1.54) is 24.9 Å². The lowest BCUT2D eigenvalue weighted by molar-refractivity contribution is 0.498. The van der Waals surface area contributed by atoms with Crippen molar-refractivity contribution in [1.29, 1.82) is 0 Å². The van der Waals surface area contributed by atoms with Gasteiger partial charge in [-0.1, -0.05) is 6.07 Å². The van der Waals surface area contributed by atoms with E-state index in [0.29, 0.717) is 0 Å². The Labute approximate surface area is 137 Å². The molecule has 2 saturated heterocycles. The Balaban J connectivity index is 1.75. The molecule has 0 spiro atoms. The number of rotatable bonds is 3. The van der Waals surface area contributed by atoms with E-state index in [-0.39, 0.29) is 0 Å². The predicted octanol–water partition coefficient (Wildman–Crippen LogP) is 2.74. The van der Waals surface area contributed by atoms with Crippen molar-refractivity contribution in [2.24, 2.45) is 0 Å². The molecule has 4 rings (SSSR count). The molecule has 0 radical (unpaired) electrons. The minimum Gasteiger partial charge on any atom is -0.446 e. The molecule has 5 nitrogen and oxygen atoms in total. The van der Waals surface area contributed by atoms with E-state index in [1.807, 2.05) is 24.6 Å². The third kappa shape index (κ3) is 2.93. The summed E-state index contributed by atoms with van der Waals surface area (Å²) in [5, 5.41) is 3.43. The van der Waals surface area contributed by atoms with Crippen molar-refractivity contribution in [2.75, 3.05) is 49.1 Å². The molecule has 0 atom stereocenters. The third-order valence-corrected chi connectivity index (χ3v) is 4.76. The summed E-state index contributed by atoms with van der Waals surface area (Å²) in [4.78, 5) is 9.40. The fourth-order valence-corrected chi connectivity index (χ4v) is 3.56. The lowest BCUT2D eigenvalue weighted by atomic mass is 10.1. The average Bonchev–Trinajstić information content (AvgIpc) is 3.09. The molecule has 2 fully saturated rings. The first kappa shape index (κ1) is 14.6. The molecule has 2 aliphatic rings. The molecule has 0 aromatic carbocycles. The number of nitrogens with one attached hydrogen (secondary N) is 1. The van der Waals surface area contributed by atoms with E-state index in [0.717, 1.165) is 56.4 Å². The number of pyridine rings is 1. The minimum absolute atomic E-state index is 0.994. The second-order valence-corrected chi connectivity index (χ2v) is 6.30. The van der Waals surface area contributed by atoms with Crippen LogP contribution in [0.25, 0.3) is 11.3 Å². The zero-order valence-corrected chi connectivity index (χ0v) is 13.5. The normalized spacial score (nSPS) is 19.1. The van der Waals surface area contributed by atoms with Crippen LogP contribution in [0.1, 0.15) is 19.3 Å². The maximum absolute atomic E-state index is 6.07. The minimum atomic E-state index is 0.994. The molecule has 2 aliphatic heterocycles. The number of piperazine rings is 1. The van der Waals surface area contributed by atoms with Gasteiger partial charge in [0.2, 0.25) is 5.88 Å². The maximum Gasteiger partial charge on any atom is 0.219 e. The Morgan fingerprint density at radius 3 is 2.52 bits per heavy atom. The van der Waals surface area contributed by atoms with Gasteiger partial charge in [0.25, 0.3) is 0 Å². The quantitative estimate of drug-likeness (QED) is 0.944. The van der Waals surface area contributed by atoms with E-state index < -0.39 is 0 Å².